The molecule has 0 spiro atoms. The maximum atomic E-state index is 13.7. The molecule has 1 aliphatic rings. The summed E-state index contributed by atoms with van der Waals surface area (Å²) in [5.74, 6) is -1.40. The Morgan fingerprint density at radius 1 is 1.50 bits per heavy atom. The van der Waals surface area contributed by atoms with Crippen LogP contribution in [0.1, 0.15) is 29.6 Å². The van der Waals surface area contributed by atoms with Crippen molar-refractivity contribution in [1.82, 2.24) is 5.32 Å². The first-order valence-corrected chi connectivity index (χ1v) is 7.38. The van der Waals surface area contributed by atoms with E-state index in [1.54, 1.807) is 0 Å². The third-order valence-corrected chi connectivity index (χ3v) is 4.01. The Hall–Kier alpha value is -1.50. The number of amides is 1. The summed E-state index contributed by atoms with van der Waals surface area (Å²) in [6.07, 6.45) is 3.08. The Morgan fingerprint density at radius 3 is 2.70 bits per heavy atom. The fourth-order valence-corrected chi connectivity index (χ4v) is 2.90. The maximum absolute atomic E-state index is 13.7. The van der Waals surface area contributed by atoms with E-state index in [9.17, 15) is 19.3 Å². The lowest BCUT2D eigenvalue weighted by atomic mass is 10.0. The SMILES string of the molecule is O=C(NCC1(CCBr)CC1)c1ccc([N+](=O)[O-])cc1F. The monoisotopic (exact) mass is 344 g/mol. The van der Waals surface area contributed by atoms with Gasteiger partial charge < -0.3 is 5.32 Å². The normalized spacial score (nSPS) is 15.7. The first-order chi connectivity index (χ1) is 9.47. The number of alkyl halides is 1. The molecule has 0 heterocycles. The van der Waals surface area contributed by atoms with Crippen molar-refractivity contribution in [2.24, 2.45) is 5.41 Å². The summed E-state index contributed by atoms with van der Waals surface area (Å²) >= 11 is 3.37. The van der Waals surface area contributed by atoms with Crippen molar-refractivity contribution in [2.45, 2.75) is 19.3 Å². The summed E-state index contributed by atoms with van der Waals surface area (Å²) in [5.41, 5.74) is -0.390. The molecule has 1 amide bonds. The Balaban J connectivity index is 2.01. The van der Waals surface area contributed by atoms with E-state index in [0.717, 1.165) is 42.8 Å². The lowest BCUT2D eigenvalue weighted by Crippen LogP contribution is -2.31. The minimum Gasteiger partial charge on any atom is -0.351 e. The van der Waals surface area contributed by atoms with Gasteiger partial charge in [0.25, 0.3) is 11.6 Å². The van der Waals surface area contributed by atoms with Crippen molar-refractivity contribution in [1.29, 1.82) is 0 Å². The number of hydrogen-bond donors (Lipinski definition) is 1. The molecule has 1 N–H and O–H groups in total. The van der Waals surface area contributed by atoms with E-state index in [4.69, 9.17) is 0 Å². The molecule has 1 aromatic carbocycles. The summed E-state index contributed by atoms with van der Waals surface area (Å²) in [4.78, 5) is 21.7. The third kappa shape index (κ3) is 3.33. The minimum atomic E-state index is -0.873. The molecule has 2 rings (SSSR count). The van der Waals surface area contributed by atoms with Gasteiger partial charge in [-0.05, 0) is 30.7 Å². The predicted octanol–water partition coefficient (Wildman–Crippen LogP) is 3.03. The van der Waals surface area contributed by atoms with Crippen LogP contribution >= 0.6 is 15.9 Å². The molecule has 0 aliphatic heterocycles. The zero-order chi connectivity index (χ0) is 14.8. The van der Waals surface area contributed by atoms with Gasteiger partial charge in [-0.25, -0.2) is 4.39 Å². The van der Waals surface area contributed by atoms with Crippen molar-refractivity contribution in [3.8, 4) is 0 Å². The number of rotatable bonds is 6. The van der Waals surface area contributed by atoms with Crippen LogP contribution in [0.2, 0.25) is 0 Å². The van der Waals surface area contributed by atoms with Gasteiger partial charge in [-0.3, -0.25) is 14.9 Å². The molecule has 0 saturated heterocycles. The average molecular weight is 345 g/mol. The fraction of sp³-hybridized carbons (Fsp3) is 0.462. The predicted molar refractivity (Wildman–Crippen MR) is 75.5 cm³/mol. The van der Waals surface area contributed by atoms with Gasteiger partial charge in [0.1, 0.15) is 5.82 Å². The number of carbonyl (C=O) groups is 1. The number of non-ortho nitro benzene ring substituents is 1. The molecular formula is C13H14BrFN2O3. The number of nitro benzene ring substituents is 1. The number of nitro groups is 1. The molecule has 1 aliphatic carbocycles. The molecule has 5 nitrogen and oxygen atoms in total. The Kier molecular flexibility index (Phi) is 4.37. The van der Waals surface area contributed by atoms with Crippen LogP contribution in [-0.4, -0.2) is 22.7 Å². The fourth-order valence-electron chi connectivity index (χ4n) is 2.06. The van der Waals surface area contributed by atoms with Crippen LogP contribution in [0.15, 0.2) is 18.2 Å². The highest BCUT2D eigenvalue weighted by Gasteiger charge is 2.41. The van der Waals surface area contributed by atoms with Gasteiger partial charge in [0.15, 0.2) is 0 Å². The molecule has 20 heavy (non-hydrogen) atoms. The summed E-state index contributed by atoms with van der Waals surface area (Å²) in [7, 11) is 0. The van der Waals surface area contributed by atoms with Crippen LogP contribution in [0, 0.1) is 21.3 Å². The second-order valence-electron chi connectivity index (χ2n) is 5.04. The quantitative estimate of drug-likeness (QED) is 0.489. The molecule has 0 radical (unpaired) electrons. The van der Waals surface area contributed by atoms with Crippen molar-refractivity contribution >= 4 is 27.5 Å². The Morgan fingerprint density at radius 2 is 2.20 bits per heavy atom. The van der Waals surface area contributed by atoms with E-state index in [2.05, 4.69) is 21.2 Å². The highest BCUT2D eigenvalue weighted by atomic mass is 79.9. The Bertz CT molecular complexity index is 546. The van der Waals surface area contributed by atoms with E-state index in [-0.39, 0.29) is 16.7 Å². The van der Waals surface area contributed by atoms with Crippen molar-refractivity contribution in [2.75, 3.05) is 11.9 Å². The topological polar surface area (TPSA) is 72.2 Å². The summed E-state index contributed by atoms with van der Waals surface area (Å²) in [5, 5.41) is 14.1. The van der Waals surface area contributed by atoms with E-state index in [1.807, 2.05) is 0 Å². The highest BCUT2D eigenvalue weighted by molar-refractivity contribution is 9.09. The average Bonchev–Trinajstić information content (AvgIpc) is 3.16. The zero-order valence-corrected chi connectivity index (χ0v) is 12.3. The molecule has 0 bridgehead atoms. The second kappa shape index (κ2) is 5.87. The van der Waals surface area contributed by atoms with Crippen LogP contribution in [0.3, 0.4) is 0 Å². The molecule has 0 aromatic heterocycles. The number of benzene rings is 1. The third-order valence-electron chi connectivity index (χ3n) is 3.61. The van der Waals surface area contributed by atoms with E-state index >= 15 is 0 Å². The summed E-state index contributed by atoms with van der Waals surface area (Å²) < 4.78 is 13.7. The number of nitrogens with zero attached hydrogens (tertiary/aromatic N) is 1. The first kappa shape index (κ1) is 14.9. The van der Waals surface area contributed by atoms with E-state index in [0.29, 0.717) is 6.54 Å². The van der Waals surface area contributed by atoms with Crippen molar-refractivity contribution in [3.63, 3.8) is 0 Å². The van der Waals surface area contributed by atoms with Gasteiger partial charge in [-0.15, -0.1) is 0 Å². The van der Waals surface area contributed by atoms with Crippen molar-refractivity contribution in [3.05, 3.63) is 39.7 Å². The van der Waals surface area contributed by atoms with Crippen LogP contribution in [0.25, 0.3) is 0 Å². The lowest BCUT2D eigenvalue weighted by Gasteiger charge is -2.14. The zero-order valence-electron chi connectivity index (χ0n) is 10.7. The van der Waals surface area contributed by atoms with E-state index in [1.165, 1.54) is 0 Å². The standard InChI is InChI=1S/C13H14BrFN2O3/c14-6-5-13(3-4-13)8-16-12(18)10-2-1-9(17(19)20)7-11(10)15/h1-2,7H,3-6,8H2,(H,16,18). The smallest absolute Gasteiger partial charge is 0.272 e. The van der Waals surface area contributed by atoms with Crippen LogP contribution < -0.4 is 5.32 Å². The molecule has 7 heteroatoms. The van der Waals surface area contributed by atoms with Gasteiger partial charge in [0.2, 0.25) is 0 Å². The molecule has 1 saturated carbocycles. The second-order valence-corrected chi connectivity index (χ2v) is 5.84. The summed E-state index contributed by atoms with van der Waals surface area (Å²) in [6.45, 7) is 0.508. The summed E-state index contributed by atoms with van der Waals surface area (Å²) in [6, 6.07) is 3.04. The largest absolute Gasteiger partial charge is 0.351 e. The number of nitrogens with one attached hydrogen (secondary N) is 1. The van der Waals surface area contributed by atoms with Gasteiger partial charge >= 0.3 is 0 Å². The highest BCUT2D eigenvalue weighted by Crippen LogP contribution is 2.48. The van der Waals surface area contributed by atoms with Crippen molar-refractivity contribution < 1.29 is 14.1 Å². The molecule has 0 unspecified atom stereocenters. The van der Waals surface area contributed by atoms with Gasteiger partial charge in [-0.2, -0.15) is 0 Å². The molecule has 1 fully saturated rings. The van der Waals surface area contributed by atoms with E-state index < -0.39 is 16.6 Å². The first-order valence-electron chi connectivity index (χ1n) is 6.25. The van der Waals surface area contributed by atoms with Gasteiger partial charge in [-0.1, -0.05) is 15.9 Å². The molecule has 108 valence electrons. The van der Waals surface area contributed by atoms with Crippen LogP contribution in [-0.2, 0) is 0 Å². The molecule has 0 atom stereocenters. The minimum absolute atomic E-state index is 0.135. The maximum Gasteiger partial charge on any atom is 0.272 e. The number of carbonyl (C=O) groups excluding carboxylic acids is 1. The van der Waals surface area contributed by atoms with Crippen LogP contribution in [0.5, 0.6) is 0 Å². The van der Waals surface area contributed by atoms with Gasteiger partial charge in [0.05, 0.1) is 16.6 Å². The van der Waals surface area contributed by atoms with Crippen LogP contribution in [0.4, 0.5) is 10.1 Å². The van der Waals surface area contributed by atoms with Gasteiger partial charge in [0, 0.05) is 17.9 Å². The number of hydrogen-bond acceptors (Lipinski definition) is 3. The molecule has 1 aromatic rings. The lowest BCUT2D eigenvalue weighted by molar-refractivity contribution is -0.385. The Labute approximate surface area is 123 Å². The number of halogens is 2. The molecular weight excluding hydrogens is 331 g/mol.